The van der Waals surface area contributed by atoms with Crippen LogP contribution in [0.25, 0.3) is 10.9 Å². The molecule has 0 spiro atoms. The predicted octanol–water partition coefficient (Wildman–Crippen LogP) is -1.30. The first-order valence-corrected chi connectivity index (χ1v) is 9.71. The average molecular weight is 447 g/mol. The molecular formula is C20H25N5O7. The molecule has 1 aromatic heterocycles. The van der Waals surface area contributed by atoms with E-state index in [1.54, 1.807) is 6.20 Å². The summed E-state index contributed by atoms with van der Waals surface area (Å²) in [4.78, 5) is 61.0. The van der Waals surface area contributed by atoms with E-state index in [0.29, 0.717) is 0 Å². The zero-order chi connectivity index (χ0) is 23.8. The number of aromatic nitrogens is 1. The highest BCUT2D eigenvalue weighted by Gasteiger charge is 2.24. The van der Waals surface area contributed by atoms with Gasteiger partial charge >= 0.3 is 11.9 Å². The third kappa shape index (κ3) is 6.80. The number of para-hydroxylation sites is 1. The first kappa shape index (κ1) is 24.3. The summed E-state index contributed by atoms with van der Waals surface area (Å²) in [6.45, 7) is 0.803. The van der Waals surface area contributed by atoms with Crippen LogP contribution in [-0.2, 0) is 30.4 Å². The highest BCUT2D eigenvalue weighted by Crippen LogP contribution is 2.18. The van der Waals surface area contributed by atoms with E-state index in [-0.39, 0.29) is 6.42 Å². The minimum Gasteiger partial charge on any atom is -0.481 e. The Balaban J connectivity index is 1.82. The molecule has 2 rings (SSSR count). The maximum Gasteiger partial charge on any atom is 0.326 e. The first-order valence-electron chi connectivity index (χ1n) is 9.71. The number of nitrogens with two attached hydrogens (primary N) is 1. The molecule has 3 atom stereocenters. The van der Waals surface area contributed by atoms with Gasteiger partial charge in [0.1, 0.15) is 12.1 Å². The molecule has 8 N–H and O–H groups in total. The van der Waals surface area contributed by atoms with Crippen LogP contribution >= 0.6 is 0 Å². The molecule has 3 unspecified atom stereocenters. The zero-order valence-corrected chi connectivity index (χ0v) is 17.3. The van der Waals surface area contributed by atoms with Crippen LogP contribution in [0.4, 0.5) is 0 Å². The number of carbonyl (C=O) groups is 5. The number of rotatable bonds is 11. The second-order valence-electron chi connectivity index (χ2n) is 7.17. The van der Waals surface area contributed by atoms with Crippen LogP contribution in [0.5, 0.6) is 0 Å². The molecule has 3 amide bonds. The molecular weight excluding hydrogens is 422 g/mol. The molecule has 0 saturated carbocycles. The van der Waals surface area contributed by atoms with E-state index in [4.69, 9.17) is 15.9 Å². The van der Waals surface area contributed by atoms with Gasteiger partial charge in [-0.1, -0.05) is 18.2 Å². The highest BCUT2D eigenvalue weighted by molar-refractivity contribution is 5.93. The van der Waals surface area contributed by atoms with Gasteiger partial charge in [0.15, 0.2) is 0 Å². The van der Waals surface area contributed by atoms with Crippen molar-refractivity contribution >= 4 is 40.6 Å². The lowest BCUT2D eigenvalue weighted by Gasteiger charge is -2.18. The molecule has 1 aromatic carbocycles. The number of hydrogen-bond acceptors (Lipinski definition) is 6. The van der Waals surface area contributed by atoms with Gasteiger partial charge in [-0.25, -0.2) is 4.79 Å². The number of nitrogens with one attached hydrogen (secondary N) is 4. The van der Waals surface area contributed by atoms with Gasteiger partial charge in [-0.05, 0) is 25.0 Å². The minimum atomic E-state index is -1.63. The van der Waals surface area contributed by atoms with Gasteiger partial charge in [0.25, 0.3) is 0 Å². The monoisotopic (exact) mass is 447 g/mol. The van der Waals surface area contributed by atoms with E-state index in [1.807, 2.05) is 29.6 Å². The third-order valence-corrected chi connectivity index (χ3v) is 4.64. The zero-order valence-electron chi connectivity index (χ0n) is 17.3. The highest BCUT2D eigenvalue weighted by atomic mass is 16.4. The van der Waals surface area contributed by atoms with E-state index in [9.17, 15) is 24.0 Å². The lowest BCUT2D eigenvalue weighted by Crippen LogP contribution is -2.52. The van der Waals surface area contributed by atoms with E-state index in [1.165, 1.54) is 6.92 Å². The lowest BCUT2D eigenvalue weighted by atomic mass is 10.0. The molecule has 2 aromatic rings. The number of aliphatic carboxylic acids is 2. The van der Waals surface area contributed by atoms with Crippen LogP contribution in [0, 0.1) is 0 Å². The number of carbonyl (C=O) groups excluding carboxylic acids is 3. The third-order valence-electron chi connectivity index (χ3n) is 4.64. The smallest absolute Gasteiger partial charge is 0.326 e. The van der Waals surface area contributed by atoms with Gasteiger partial charge in [-0.15, -0.1) is 0 Å². The Morgan fingerprint density at radius 2 is 1.75 bits per heavy atom. The number of hydrogen-bond donors (Lipinski definition) is 7. The van der Waals surface area contributed by atoms with E-state index >= 15 is 0 Å². The van der Waals surface area contributed by atoms with Gasteiger partial charge in [-0.2, -0.15) is 0 Å². The van der Waals surface area contributed by atoms with Crippen molar-refractivity contribution in [3.8, 4) is 0 Å². The Morgan fingerprint density at radius 1 is 1.06 bits per heavy atom. The summed E-state index contributed by atoms with van der Waals surface area (Å²) < 4.78 is 0. The predicted molar refractivity (Wildman–Crippen MR) is 112 cm³/mol. The summed E-state index contributed by atoms with van der Waals surface area (Å²) in [6, 6.07) is 3.99. The summed E-state index contributed by atoms with van der Waals surface area (Å²) in [7, 11) is 0. The van der Waals surface area contributed by atoms with Crippen molar-refractivity contribution in [1.82, 2.24) is 20.9 Å². The van der Waals surface area contributed by atoms with Gasteiger partial charge < -0.3 is 36.9 Å². The molecule has 0 bridgehead atoms. The number of fused-ring (bicyclic) bond motifs is 1. The number of aromatic amines is 1. The average Bonchev–Trinajstić information content (AvgIpc) is 3.13. The lowest BCUT2D eigenvalue weighted by molar-refractivity contribution is -0.147. The van der Waals surface area contributed by atoms with Crippen molar-refractivity contribution in [2.24, 2.45) is 5.73 Å². The summed E-state index contributed by atoms with van der Waals surface area (Å²) in [5.41, 5.74) is 7.73. The van der Waals surface area contributed by atoms with Crippen molar-refractivity contribution < 1.29 is 34.2 Å². The van der Waals surface area contributed by atoms with Crippen molar-refractivity contribution in [2.45, 2.75) is 37.9 Å². The van der Waals surface area contributed by atoms with Crippen molar-refractivity contribution in [3.63, 3.8) is 0 Å². The Kier molecular flexibility index (Phi) is 8.30. The summed E-state index contributed by atoms with van der Waals surface area (Å²) in [5.74, 6) is -5.06. The summed E-state index contributed by atoms with van der Waals surface area (Å²) in [6.07, 6.45) is 1.20. The van der Waals surface area contributed by atoms with Crippen LogP contribution in [0.3, 0.4) is 0 Å². The second kappa shape index (κ2) is 10.9. The Labute approximate surface area is 182 Å². The molecule has 0 fully saturated rings. The van der Waals surface area contributed by atoms with E-state index in [2.05, 4.69) is 15.6 Å². The molecule has 0 aliphatic heterocycles. The quantitative estimate of drug-likeness (QED) is 0.220. The van der Waals surface area contributed by atoms with Gasteiger partial charge in [0, 0.05) is 17.1 Å². The summed E-state index contributed by atoms with van der Waals surface area (Å²) in [5, 5.41) is 25.2. The van der Waals surface area contributed by atoms with Crippen LogP contribution in [0.1, 0.15) is 18.9 Å². The van der Waals surface area contributed by atoms with Crippen molar-refractivity contribution in [1.29, 1.82) is 0 Å². The molecule has 0 aliphatic rings. The fourth-order valence-electron chi connectivity index (χ4n) is 2.96. The largest absolute Gasteiger partial charge is 0.481 e. The molecule has 172 valence electrons. The maximum atomic E-state index is 12.4. The Hall–Kier alpha value is -3.93. The van der Waals surface area contributed by atoms with Gasteiger partial charge in [0.05, 0.1) is 19.0 Å². The second-order valence-corrected chi connectivity index (χ2v) is 7.17. The topological polar surface area (TPSA) is 204 Å². The van der Waals surface area contributed by atoms with Crippen LogP contribution < -0.4 is 21.7 Å². The van der Waals surface area contributed by atoms with Crippen LogP contribution in [-0.4, -0.2) is 69.5 Å². The Morgan fingerprint density at radius 3 is 2.41 bits per heavy atom. The first-order chi connectivity index (χ1) is 15.1. The fraction of sp³-hybridized carbons (Fsp3) is 0.350. The molecule has 12 nitrogen and oxygen atoms in total. The number of carboxylic acid groups (broad SMARTS) is 2. The maximum absolute atomic E-state index is 12.4. The van der Waals surface area contributed by atoms with Crippen molar-refractivity contribution in [2.75, 3.05) is 6.54 Å². The molecule has 0 radical (unpaired) electrons. The minimum absolute atomic E-state index is 0.243. The van der Waals surface area contributed by atoms with E-state index < -0.39 is 60.8 Å². The molecule has 0 aliphatic carbocycles. The number of benzene rings is 1. The van der Waals surface area contributed by atoms with Gasteiger partial charge in [0.2, 0.25) is 17.7 Å². The molecule has 12 heteroatoms. The SMILES string of the molecule is CC(NC(=O)C(N)Cc1c[nH]c2ccccc12)C(=O)NCC(=O)NC(CC(=O)O)C(=O)O. The standard InChI is InChI=1S/C20H25N5O7/c1-10(18(29)23-9-16(26)25-15(20(31)32)7-17(27)28)24-19(30)13(21)6-11-8-22-14-5-3-2-4-12(11)14/h2-5,8,10,13,15,22H,6-7,9,21H2,1H3,(H,23,29)(H,24,30)(H,25,26)(H,27,28)(H,31,32). The van der Waals surface area contributed by atoms with Crippen LogP contribution in [0.15, 0.2) is 30.5 Å². The number of carboxylic acids is 2. The summed E-state index contributed by atoms with van der Waals surface area (Å²) >= 11 is 0. The molecule has 1 heterocycles. The van der Waals surface area contributed by atoms with Crippen molar-refractivity contribution in [3.05, 3.63) is 36.0 Å². The normalized spacial score (nSPS) is 13.6. The number of H-pyrrole nitrogens is 1. The Bertz CT molecular complexity index is 1020. The van der Waals surface area contributed by atoms with Gasteiger partial charge in [-0.3, -0.25) is 19.2 Å². The number of amides is 3. The van der Waals surface area contributed by atoms with Crippen LogP contribution in [0.2, 0.25) is 0 Å². The molecule has 32 heavy (non-hydrogen) atoms. The van der Waals surface area contributed by atoms with E-state index in [0.717, 1.165) is 16.5 Å². The fourth-order valence-corrected chi connectivity index (χ4v) is 2.96. The molecule has 0 saturated heterocycles.